The summed E-state index contributed by atoms with van der Waals surface area (Å²) in [5.41, 5.74) is 1.53. The van der Waals surface area contributed by atoms with Crippen molar-refractivity contribution in [3.05, 3.63) is 58.1 Å². The van der Waals surface area contributed by atoms with Gasteiger partial charge in [0.1, 0.15) is 5.75 Å². The van der Waals surface area contributed by atoms with Crippen LogP contribution in [0.1, 0.15) is 12.5 Å². The maximum absolute atomic E-state index is 12.1. The number of nitrogens with one attached hydrogen (secondary N) is 1. The molecule has 1 N–H and O–H groups in total. The SMILES string of the molecule is Cc1cccc(O[C@H](C)C(=O)Nc2cccc(Cl)c2Cl)c1. The predicted octanol–water partition coefficient (Wildman–Crippen LogP) is 4.71. The minimum atomic E-state index is -0.651. The summed E-state index contributed by atoms with van der Waals surface area (Å²) in [6.07, 6.45) is -0.651. The Morgan fingerprint density at radius 3 is 2.62 bits per heavy atom. The van der Waals surface area contributed by atoms with Crippen LogP contribution < -0.4 is 10.1 Å². The van der Waals surface area contributed by atoms with Crippen molar-refractivity contribution in [2.45, 2.75) is 20.0 Å². The van der Waals surface area contributed by atoms with Crippen molar-refractivity contribution in [2.75, 3.05) is 5.32 Å². The van der Waals surface area contributed by atoms with E-state index >= 15 is 0 Å². The number of aryl methyl sites for hydroxylation is 1. The van der Waals surface area contributed by atoms with E-state index in [0.29, 0.717) is 21.5 Å². The van der Waals surface area contributed by atoms with Crippen LogP contribution in [0.4, 0.5) is 5.69 Å². The first-order chi connectivity index (χ1) is 9.97. The topological polar surface area (TPSA) is 38.3 Å². The second kappa shape index (κ2) is 6.83. The number of hydrogen-bond acceptors (Lipinski definition) is 2. The molecule has 0 radical (unpaired) electrons. The molecule has 0 unspecified atom stereocenters. The van der Waals surface area contributed by atoms with Crippen LogP contribution in [0.5, 0.6) is 5.75 Å². The molecule has 0 fully saturated rings. The highest BCUT2D eigenvalue weighted by Crippen LogP contribution is 2.29. The van der Waals surface area contributed by atoms with Gasteiger partial charge in [-0.2, -0.15) is 0 Å². The fraction of sp³-hybridized carbons (Fsp3) is 0.188. The number of amides is 1. The molecule has 0 heterocycles. The summed E-state index contributed by atoms with van der Waals surface area (Å²) in [5.74, 6) is 0.357. The van der Waals surface area contributed by atoms with Crippen LogP contribution in [0.2, 0.25) is 10.0 Å². The first-order valence-electron chi connectivity index (χ1n) is 6.45. The maximum Gasteiger partial charge on any atom is 0.265 e. The lowest BCUT2D eigenvalue weighted by atomic mass is 10.2. The summed E-state index contributed by atoms with van der Waals surface area (Å²) < 4.78 is 5.61. The van der Waals surface area contributed by atoms with Crippen LogP contribution >= 0.6 is 23.2 Å². The van der Waals surface area contributed by atoms with Crippen molar-refractivity contribution in [1.29, 1.82) is 0 Å². The summed E-state index contributed by atoms with van der Waals surface area (Å²) in [6.45, 7) is 3.64. The molecule has 0 aliphatic carbocycles. The molecule has 2 aromatic carbocycles. The third-order valence-electron chi connectivity index (χ3n) is 2.88. The Bertz CT molecular complexity index is 658. The van der Waals surface area contributed by atoms with Crippen molar-refractivity contribution in [3.8, 4) is 5.75 Å². The molecule has 110 valence electrons. The lowest BCUT2D eigenvalue weighted by Gasteiger charge is -2.16. The van der Waals surface area contributed by atoms with Gasteiger partial charge in [-0.15, -0.1) is 0 Å². The zero-order chi connectivity index (χ0) is 15.4. The van der Waals surface area contributed by atoms with Crippen molar-refractivity contribution < 1.29 is 9.53 Å². The standard InChI is InChI=1S/C16H15Cl2NO2/c1-10-5-3-6-12(9-10)21-11(2)16(20)19-14-8-4-7-13(17)15(14)18/h3-9,11H,1-2H3,(H,19,20)/t11-/m1/s1. The van der Waals surface area contributed by atoms with E-state index < -0.39 is 6.10 Å². The predicted molar refractivity (Wildman–Crippen MR) is 86.4 cm³/mol. The smallest absolute Gasteiger partial charge is 0.265 e. The van der Waals surface area contributed by atoms with Gasteiger partial charge in [-0.1, -0.05) is 41.4 Å². The minimum Gasteiger partial charge on any atom is -0.481 e. The monoisotopic (exact) mass is 323 g/mol. The number of anilines is 1. The van der Waals surface area contributed by atoms with Crippen molar-refractivity contribution in [2.24, 2.45) is 0 Å². The number of halogens is 2. The first-order valence-corrected chi connectivity index (χ1v) is 7.21. The van der Waals surface area contributed by atoms with Gasteiger partial charge >= 0.3 is 0 Å². The molecule has 0 bridgehead atoms. The number of carbonyl (C=O) groups is 1. The van der Waals surface area contributed by atoms with Crippen LogP contribution in [0.3, 0.4) is 0 Å². The molecule has 21 heavy (non-hydrogen) atoms. The molecule has 2 aromatic rings. The zero-order valence-corrected chi connectivity index (χ0v) is 13.2. The molecule has 5 heteroatoms. The van der Waals surface area contributed by atoms with Crippen LogP contribution in [0.15, 0.2) is 42.5 Å². The Hall–Kier alpha value is -1.71. The average molecular weight is 324 g/mol. The van der Waals surface area contributed by atoms with E-state index in [9.17, 15) is 4.79 Å². The third-order valence-corrected chi connectivity index (χ3v) is 3.70. The Morgan fingerprint density at radius 1 is 1.19 bits per heavy atom. The van der Waals surface area contributed by atoms with Crippen molar-refractivity contribution in [3.63, 3.8) is 0 Å². The Labute approximate surface area is 133 Å². The van der Waals surface area contributed by atoms with E-state index in [1.165, 1.54) is 0 Å². The van der Waals surface area contributed by atoms with Gasteiger partial charge in [0.05, 0.1) is 15.7 Å². The maximum atomic E-state index is 12.1. The summed E-state index contributed by atoms with van der Waals surface area (Å²) in [7, 11) is 0. The van der Waals surface area contributed by atoms with Crippen LogP contribution in [-0.4, -0.2) is 12.0 Å². The largest absolute Gasteiger partial charge is 0.481 e. The lowest BCUT2D eigenvalue weighted by molar-refractivity contribution is -0.122. The normalized spacial score (nSPS) is 11.8. The van der Waals surface area contributed by atoms with E-state index in [4.69, 9.17) is 27.9 Å². The van der Waals surface area contributed by atoms with Crippen LogP contribution in [0, 0.1) is 6.92 Å². The van der Waals surface area contributed by atoms with Gasteiger partial charge in [0.2, 0.25) is 0 Å². The highest BCUT2D eigenvalue weighted by molar-refractivity contribution is 6.44. The molecule has 2 rings (SSSR count). The summed E-state index contributed by atoms with van der Waals surface area (Å²) >= 11 is 11.9. The second-order valence-corrected chi connectivity index (χ2v) is 5.45. The number of carbonyl (C=O) groups excluding carboxylic acids is 1. The van der Waals surface area contributed by atoms with Gasteiger partial charge in [0.25, 0.3) is 5.91 Å². The Balaban J connectivity index is 2.04. The molecular weight excluding hydrogens is 309 g/mol. The van der Waals surface area contributed by atoms with Crippen LogP contribution in [0.25, 0.3) is 0 Å². The highest BCUT2D eigenvalue weighted by Gasteiger charge is 2.16. The minimum absolute atomic E-state index is 0.291. The van der Waals surface area contributed by atoms with Gasteiger partial charge in [-0.3, -0.25) is 4.79 Å². The molecule has 0 spiro atoms. The second-order valence-electron chi connectivity index (χ2n) is 4.67. The summed E-state index contributed by atoms with van der Waals surface area (Å²) in [6, 6.07) is 12.6. The quantitative estimate of drug-likeness (QED) is 0.885. The fourth-order valence-electron chi connectivity index (χ4n) is 1.78. The van der Waals surface area contributed by atoms with E-state index in [1.807, 2.05) is 31.2 Å². The van der Waals surface area contributed by atoms with E-state index in [1.54, 1.807) is 25.1 Å². The average Bonchev–Trinajstić information content (AvgIpc) is 2.44. The molecular formula is C16H15Cl2NO2. The lowest BCUT2D eigenvalue weighted by Crippen LogP contribution is -2.30. The zero-order valence-electron chi connectivity index (χ0n) is 11.7. The molecule has 3 nitrogen and oxygen atoms in total. The number of rotatable bonds is 4. The molecule has 0 aliphatic heterocycles. The fourth-order valence-corrected chi connectivity index (χ4v) is 2.13. The Morgan fingerprint density at radius 2 is 1.90 bits per heavy atom. The molecule has 0 aromatic heterocycles. The number of benzene rings is 2. The van der Waals surface area contributed by atoms with Crippen LogP contribution in [-0.2, 0) is 4.79 Å². The molecule has 0 saturated carbocycles. The third kappa shape index (κ3) is 4.13. The molecule has 0 aliphatic rings. The molecule has 1 amide bonds. The number of hydrogen-bond donors (Lipinski definition) is 1. The van der Waals surface area contributed by atoms with E-state index in [-0.39, 0.29) is 5.91 Å². The Kier molecular flexibility index (Phi) is 5.10. The first kappa shape index (κ1) is 15.7. The van der Waals surface area contributed by atoms with Gasteiger partial charge in [-0.05, 0) is 43.7 Å². The van der Waals surface area contributed by atoms with Gasteiger partial charge in [0.15, 0.2) is 6.10 Å². The highest BCUT2D eigenvalue weighted by atomic mass is 35.5. The molecule has 0 saturated heterocycles. The van der Waals surface area contributed by atoms with Gasteiger partial charge in [-0.25, -0.2) is 0 Å². The van der Waals surface area contributed by atoms with Crippen molar-refractivity contribution in [1.82, 2.24) is 0 Å². The van der Waals surface area contributed by atoms with Gasteiger partial charge < -0.3 is 10.1 Å². The molecule has 1 atom stereocenters. The van der Waals surface area contributed by atoms with E-state index in [2.05, 4.69) is 5.32 Å². The van der Waals surface area contributed by atoms with Crippen molar-refractivity contribution >= 4 is 34.8 Å². The van der Waals surface area contributed by atoms with E-state index in [0.717, 1.165) is 5.56 Å². The number of ether oxygens (including phenoxy) is 1. The summed E-state index contributed by atoms with van der Waals surface area (Å²) in [5, 5.41) is 3.41. The van der Waals surface area contributed by atoms with Gasteiger partial charge in [0, 0.05) is 0 Å². The summed E-state index contributed by atoms with van der Waals surface area (Å²) in [4.78, 5) is 12.1.